The highest BCUT2D eigenvalue weighted by Crippen LogP contribution is 2.40. The molecule has 4 nitrogen and oxygen atoms in total. The number of hydrogen-bond donors (Lipinski definition) is 2. The predicted molar refractivity (Wildman–Crippen MR) is 86.0 cm³/mol. The van der Waals surface area contributed by atoms with Crippen molar-refractivity contribution in [2.75, 3.05) is 26.4 Å². The molecule has 1 saturated heterocycles. The third-order valence-corrected chi connectivity index (χ3v) is 5.05. The van der Waals surface area contributed by atoms with Crippen LogP contribution < -0.4 is 10.1 Å². The van der Waals surface area contributed by atoms with E-state index >= 15 is 0 Å². The zero-order valence-electron chi connectivity index (χ0n) is 13.9. The molecule has 23 heavy (non-hydrogen) atoms. The molecule has 2 heterocycles. The topological polar surface area (TPSA) is 50.7 Å². The van der Waals surface area contributed by atoms with Gasteiger partial charge in [-0.1, -0.05) is 6.07 Å². The van der Waals surface area contributed by atoms with E-state index in [1.165, 1.54) is 12.1 Å². The summed E-state index contributed by atoms with van der Waals surface area (Å²) in [4.78, 5) is 0. The maximum Gasteiger partial charge on any atom is 0.127 e. The lowest BCUT2D eigenvalue weighted by atomic mass is 9.80. The van der Waals surface area contributed by atoms with Gasteiger partial charge in [0.15, 0.2) is 0 Å². The molecule has 1 aromatic carbocycles. The molecule has 128 valence electrons. The fourth-order valence-corrected chi connectivity index (χ4v) is 3.54. The summed E-state index contributed by atoms with van der Waals surface area (Å²) in [5.74, 6) is 0.334. The molecule has 5 heteroatoms. The smallest absolute Gasteiger partial charge is 0.127 e. The van der Waals surface area contributed by atoms with E-state index in [9.17, 15) is 9.50 Å². The Hall–Kier alpha value is -1.17. The predicted octanol–water partition coefficient (Wildman–Crippen LogP) is 2.81. The summed E-state index contributed by atoms with van der Waals surface area (Å²) in [5.41, 5.74) is 0.521. The van der Waals surface area contributed by atoms with Gasteiger partial charge in [0.05, 0.1) is 6.61 Å². The first kappa shape index (κ1) is 16.7. The standard InChI is InChI=1S/C18H26FNO3/c1-17(2)10-15(14-4-3-13(19)9-16(14)23-17)20-11-18(12-21)5-7-22-8-6-18/h3-4,9,15,20-21H,5-8,10-12H2,1-2H3. The van der Waals surface area contributed by atoms with E-state index in [-0.39, 0.29) is 29.5 Å². The van der Waals surface area contributed by atoms with Gasteiger partial charge >= 0.3 is 0 Å². The van der Waals surface area contributed by atoms with Crippen LogP contribution in [0.25, 0.3) is 0 Å². The van der Waals surface area contributed by atoms with Crippen LogP contribution in [0.5, 0.6) is 5.75 Å². The number of rotatable bonds is 4. The normalized spacial score (nSPS) is 25.5. The Bertz CT molecular complexity index is 555. The molecule has 3 rings (SSSR count). The van der Waals surface area contributed by atoms with Crippen LogP contribution in [0.1, 0.15) is 44.7 Å². The molecular weight excluding hydrogens is 297 g/mol. The first-order valence-electron chi connectivity index (χ1n) is 8.34. The van der Waals surface area contributed by atoms with E-state index in [1.807, 2.05) is 13.8 Å². The van der Waals surface area contributed by atoms with Crippen molar-refractivity contribution in [3.63, 3.8) is 0 Å². The number of nitrogens with one attached hydrogen (secondary N) is 1. The minimum atomic E-state index is -0.347. The molecule has 0 spiro atoms. The molecule has 2 N–H and O–H groups in total. The molecule has 0 radical (unpaired) electrons. The van der Waals surface area contributed by atoms with E-state index in [2.05, 4.69) is 5.32 Å². The van der Waals surface area contributed by atoms with Gasteiger partial charge in [0, 0.05) is 49.3 Å². The number of benzene rings is 1. The van der Waals surface area contributed by atoms with Crippen LogP contribution in [0.2, 0.25) is 0 Å². The monoisotopic (exact) mass is 323 g/mol. The Labute approximate surface area is 137 Å². The molecule has 1 unspecified atom stereocenters. The Kier molecular flexibility index (Phi) is 4.63. The third-order valence-electron chi connectivity index (χ3n) is 5.05. The van der Waals surface area contributed by atoms with Crippen molar-refractivity contribution in [3.05, 3.63) is 29.6 Å². The number of aliphatic hydroxyl groups excluding tert-OH is 1. The van der Waals surface area contributed by atoms with Gasteiger partial charge in [-0.15, -0.1) is 0 Å². The van der Waals surface area contributed by atoms with Gasteiger partial charge in [-0.05, 0) is 32.8 Å². The van der Waals surface area contributed by atoms with Gasteiger partial charge in [0.1, 0.15) is 17.2 Å². The number of ether oxygens (including phenoxy) is 2. The summed E-state index contributed by atoms with van der Waals surface area (Å²) in [6.07, 6.45) is 2.53. The molecule has 1 aromatic rings. The SMILES string of the molecule is CC1(C)CC(NCC2(CO)CCOCC2)c2ccc(F)cc2O1. The van der Waals surface area contributed by atoms with Gasteiger partial charge in [0.2, 0.25) is 0 Å². The molecule has 1 fully saturated rings. The summed E-state index contributed by atoms with van der Waals surface area (Å²) in [7, 11) is 0. The molecule has 0 aromatic heterocycles. The van der Waals surface area contributed by atoms with E-state index in [0.29, 0.717) is 19.0 Å². The van der Waals surface area contributed by atoms with E-state index in [4.69, 9.17) is 9.47 Å². The second kappa shape index (κ2) is 6.38. The molecule has 0 aliphatic carbocycles. The summed E-state index contributed by atoms with van der Waals surface area (Å²) in [5, 5.41) is 13.4. The van der Waals surface area contributed by atoms with Crippen molar-refractivity contribution in [2.45, 2.75) is 44.8 Å². The van der Waals surface area contributed by atoms with Gasteiger partial charge in [0.25, 0.3) is 0 Å². The fraction of sp³-hybridized carbons (Fsp3) is 0.667. The maximum atomic E-state index is 13.5. The molecule has 2 aliphatic rings. The number of hydrogen-bond acceptors (Lipinski definition) is 4. The summed E-state index contributed by atoms with van der Waals surface area (Å²) in [6.45, 7) is 6.32. The number of fused-ring (bicyclic) bond motifs is 1. The lowest BCUT2D eigenvalue weighted by Crippen LogP contribution is -2.46. The Balaban J connectivity index is 1.77. The number of halogens is 1. The van der Waals surface area contributed by atoms with Crippen molar-refractivity contribution in [1.82, 2.24) is 5.32 Å². The quantitative estimate of drug-likeness (QED) is 0.895. The van der Waals surface area contributed by atoms with Gasteiger partial charge < -0.3 is 19.9 Å². The molecule has 0 saturated carbocycles. The Morgan fingerprint density at radius 1 is 1.30 bits per heavy atom. The zero-order chi connectivity index (χ0) is 16.5. The largest absolute Gasteiger partial charge is 0.487 e. The van der Waals surface area contributed by atoms with Crippen LogP contribution in [-0.2, 0) is 4.74 Å². The maximum absolute atomic E-state index is 13.5. The molecule has 2 aliphatic heterocycles. The van der Waals surface area contributed by atoms with Crippen LogP contribution in [-0.4, -0.2) is 37.1 Å². The lowest BCUT2D eigenvalue weighted by Gasteiger charge is -2.41. The first-order chi connectivity index (χ1) is 10.9. The highest BCUT2D eigenvalue weighted by Gasteiger charge is 2.37. The highest BCUT2D eigenvalue weighted by molar-refractivity contribution is 5.39. The molecule has 1 atom stereocenters. The summed E-state index contributed by atoms with van der Waals surface area (Å²) in [6, 6.07) is 4.83. The Morgan fingerprint density at radius 2 is 2.04 bits per heavy atom. The molecule has 0 bridgehead atoms. The number of aliphatic hydroxyl groups is 1. The van der Waals surface area contributed by atoms with Crippen LogP contribution >= 0.6 is 0 Å². The van der Waals surface area contributed by atoms with E-state index < -0.39 is 0 Å². The summed E-state index contributed by atoms with van der Waals surface area (Å²) >= 11 is 0. The van der Waals surface area contributed by atoms with Crippen LogP contribution in [0.15, 0.2) is 18.2 Å². The van der Waals surface area contributed by atoms with E-state index in [1.54, 1.807) is 6.07 Å². The minimum Gasteiger partial charge on any atom is -0.487 e. The minimum absolute atomic E-state index is 0.0978. The van der Waals surface area contributed by atoms with Crippen molar-refractivity contribution < 1.29 is 19.0 Å². The van der Waals surface area contributed by atoms with Crippen molar-refractivity contribution >= 4 is 0 Å². The zero-order valence-corrected chi connectivity index (χ0v) is 13.9. The third kappa shape index (κ3) is 3.67. The van der Waals surface area contributed by atoms with Gasteiger partial charge in [-0.2, -0.15) is 0 Å². The second-order valence-corrected chi connectivity index (χ2v) is 7.45. The van der Waals surface area contributed by atoms with Crippen LogP contribution in [0.4, 0.5) is 4.39 Å². The van der Waals surface area contributed by atoms with Gasteiger partial charge in [-0.25, -0.2) is 4.39 Å². The van der Waals surface area contributed by atoms with Crippen LogP contribution in [0, 0.1) is 11.2 Å². The summed E-state index contributed by atoms with van der Waals surface area (Å²) < 4.78 is 24.9. The lowest BCUT2D eigenvalue weighted by molar-refractivity contribution is -0.0191. The highest BCUT2D eigenvalue weighted by atomic mass is 19.1. The van der Waals surface area contributed by atoms with Crippen LogP contribution in [0.3, 0.4) is 0 Å². The van der Waals surface area contributed by atoms with Crippen molar-refractivity contribution in [3.8, 4) is 5.75 Å². The van der Waals surface area contributed by atoms with E-state index in [0.717, 1.165) is 31.4 Å². The fourth-order valence-electron chi connectivity index (χ4n) is 3.54. The van der Waals surface area contributed by atoms with Crippen molar-refractivity contribution in [1.29, 1.82) is 0 Å². The Morgan fingerprint density at radius 3 is 2.74 bits per heavy atom. The average molecular weight is 323 g/mol. The second-order valence-electron chi connectivity index (χ2n) is 7.45. The average Bonchev–Trinajstić information content (AvgIpc) is 2.52. The van der Waals surface area contributed by atoms with Gasteiger partial charge in [-0.3, -0.25) is 0 Å². The first-order valence-corrected chi connectivity index (χ1v) is 8.34. The molecule has 0 amide bonds. The van der Waals surface area contributed by atoms with Crippen molar-refractivity contribution in [2.24, 2.45) is 5.41 Å². The molecular formula is C18H26FNO3.